The number of thioether (sulfide) groups is 1. The molecule has 0 spiro atoms. The minimum absolute atomic E-state index is 0.718. The van der Waals surface area contributed by atoms with Crippen LogP contribution in [0.15, 0.2) is 29.3 Å². The summed E-state index contributed by atoms with van der Waals surface area (Å²) in [4.78, 5) is 0. The molecule has 0 atom stereocenters. The molecule has 0 unspecified atom stereocenters. The van der Waals surface area contributed by atoms with Gasteiger partial charge in [0, 0.05) is 18.0 Å². The Morgan fingerprint density at radius 1 is 1.36 bits per heavy atom. The van der Waals surface area contributed by atoms with Crippen LogP contribution < -0.4 is 0 Å². The van der Waals surface area contributed by atoms with Crippen molar-refractivity contribution in [1.29, 1.82) is 5.26 Å². The molecule has 1 aromatic carbocycles. The molecule has 0 saturated carbocycles. The van der Waals surface area contributed by atoms with Crippen LogP contribution in [0, 0.1) is 11.3 Å². The summed E-state index contributed by atoms with van der Waals surface area (Å²) in [5.41, 5.74) is 1.89. The second-order valence-corrected chi connectivity index (χ2v) is 3.96. The fourth-order valence-corrected chi connectivity index (χ4v) is 2.21. The van der Waals surface area contributed by atoms with Gasteiger partial charge in [-0.25, -0.2) is 0 Å². The number of fused-ring (bicyclic) bond motifs is 1. The zero-order chi connectivity index (χ0) is 10.1. The van der Waals surface area contributed by atoms with Crippen molar-refractivity contribution in [2.24, 2.45) is 7.05 Å². The van der Waals surface area contributed by atoms with Gasteiger partial charge >= 0.3 is 0 Å². The molecule has 3 heteroatoms. The monoisotopic (exact) mass is 202 g/mol. The Kier molecular flexibility index (Phi) is 2.22. The van der Waals surface area contributed by atoms with Gasteiger partial charge in [0.15, 0.2) is 0 Å². The number of benzene rings is 1. The molecule has 2 rings (SSSR count). The molecule has 0 bridgehead atoms. The third-order valence-corrected chi connectivity index (χ3v) is 3.15. The van der Waals surface area contributed by atoms with Crippen molar-refractivity contribution in [3.63, 3.8) is 0 Å². The number of hydrogen-bond acceptors (Lipinski definition) is 2. The van der Waals surface area contributed by atoms with Crippen LogP contribution in [0.5, 0.6) is 0 Å². The first kappa shape index (κ1) is 9.17. The molecular weight excluding hydrogens is 192 g/mol. The summed E-state index contributed by atoms with van der Waals surface area (Å²) in [5, 5.41) is 11.1. The van der Waals surface area contributed by atoms with Crippen LogP contribution in [-0.4, -0.2) is 10.8 Å². The third kappa shape index (κ3) is 1.28. The van der Waals surface area contributed by atoms with Crippen LogP contribution in [0.25, 0.3) is 10.9 Å². The lowest BCUT2D eigenvalue weighted by molar-refractivity contribution is 0.864. The number of hydrogen-bond donors (Lipinski definition) is 0. The van der Waals surface area contributed by atoms with Crippen molar-refractivity contribution in [2.45, 2.75) is 5.03 Å². The zero-order valence-electron chi connectivity index (χ0n) is 8.11. The van der Waals surface area contributed by atoms with E-state index in [0.29, 0.717) is 0 Å². The van der Waals surface area contributed by atoms with Crippen LogP contribution in [0.3, 0.4) is 0 Å². The van der Waals surface area contributed by atoms with Crippen LogP contribution in [0.2, 0.25) is 0 Å². The summed E-state index contributed by atoms with van der Waals surface area (Å²) < 4.78 is 2.14. The van der Waals surface area contributed by atoms with Gasteiger partial charge in [0.05, 0.1) is 16.7 Å². The molecule has 1 heterocycles. The van der Waals surface area contributed by atoms with Gasteiger partial charge in [0.2, 0.25) is 0 Å². The highest BCUT2D eigenvalue weighted by atomic mass is 32.2. The highest BCUT2D eigenvalue weighted by Crippen LogP contribution is 2.25. The molecule has 2 nitrogen and oxygen atoms in total. The van der Waals surface area contributed by atoms with Crippen LogP contribution in [0.1, 0.15) is 5.56 Å². The van der Waals surface area contributed by atoms with Gasteiger partial charge in [0.1, 0.15) is 0 Å². The van der Waals surface area contributed by atoms with E-state index in [9.17, 15) is 0 Å². The van der Waals surface area contributed by atoms with Crippen LogP contribution in [-0.2, 0) is 7.05 Å². The van der Waals surface area contributed by atoms with E-state index < -0.39 is 0 Å². The maximum absolute atomic E-state index is 8.77. The molecule has 0 aliphatic carbocycles. The van der Waals surface area contributed by atoms with Crippen molar-refractivity contribution in [2.75, 3.05) is 6.26 Å². The fourth-order valence-electron chi connectivity index (χ4n) is 1.59. The van der Waals surface area contributed by atoms with E-state index >= 15 is 0 Å². The normalized spacial score (nSPS) is 10.4. The van der Waals surface area contributed by atoms with Gasteiger partial charge in [-0.3, -0.25) is 0 Å². The van der Waals surface area contributed by atoms with Crippen LogP contribution in [0.4, 0.5) is 0 Å². The summed E-state index contributed by atoms with van der Waals surface area (Å²) in [7, 11) is 2.04. The number of aryl methyl sites for hydroxylation is 1. The average Bonchev–Trinajstić information content (AvgIpc) is 2.55. The largest absolute Gasteiger partial charge is 0.339 e. The van der Waals surface area contributed by atoms with E-state index in [1.54, 1.807) is 11.8 Å². The van der Waals surface area contributed by atoms with E-state index in [1.807, 2.05) is 25.2 Å². The van der Waals surface area contributed by atoms with Crippen LogP contribution >= 0.6 is 11.8 Å². The first-order chi connectivity index (χ1) is 6.76. The van der Waals surface area contributed by atoms with Gasteiger partial charge in [-0.15, -0.1) is 11.8 Å². The Balaban J connectivity index is 2.74. The summed E-state index contributed by atoms with van der Waals surface area (Å²) in [6.45, 7) is 0. The molecule has 70 valence electrons. The Morgan fingerprint density at radius 2 is 2.14 bits per heavy atom. The Labute approximate surface area is 87.1 Å². The van der Waals surface area contributed by atoms with Gasteiger partial charge < -0.3 is 4.57 Å². The van der Waals surface area contributed by atoms with E-state index in [1.165, 1.54) is 10.5 Å². The SMILES string of the molecule is CSc1cc2cc(C#N)ccc2n1C. The fraction of sp³-hybridized carbons (Fsp3) is 0.182. The van der Waals surface area contributed by atoms with E-state index in [2.05, 4.69) is 23.0 Å². The molecule has 1 aromatic heterocycles. The summed E-state index contributed by atoms with van der Waals surface area (Å²) in [5.74, 6) is 0. The molecule has 0 amide bonds. The number of aromatic nitrogens is 1. The Morgan fingerprint density at radius 3 is 2.79 bits per heavy atom. The molecule has 0 radical (unpaired) electrons. The summed E-state index contributed by atoms with van der Waals surface area (Å²) in [6.07, 6.45) is 2.05. The predicted octanol–water partition coefficient (Wildman–Crippen LogP) is 2.77. The quantitative estimate of drug-likeness (QED) is 0.665. The third-order valence-electron chi connectivity index (χ3n) is 2.34. The smallest absolute Gasteiger partial charge is 0.0991 e. The maximum atomic E-state index is 8.77. The van der Waals surface area contributed by atoms with Crippen molar-refractivity contribution in [3.8, 4) is 6.07 Å². The topological polar surface area (TPSA) is 28.7 Å². The Bertz CT molecular complexity index is 520. The number of nitrogens with zero attached hydrogens (tertiary/aromatic N) is 2. The first-order valence-corrected chi connectivity index (χ1v) is 5.52. The molecule has 0 aliphatic rings. The molecule has 0 fully saturated rings. The highest BCUT2D eigenvalue weighted by molar-refractivity contribution is 7.98. The molecule has 0 aliphatic heterocycles. The average molecular weight is 202 g/mol. The van der Waals surface area contributed by atoms with Crippen molar-refractivity contribution in [3.05, 3.63) is 29.8 Å². The van der Waals surface area contributed by atoms with E-state index in [0.717, 1.165) is 10.9 Å². The lowest BCUT2D eigenvalue weighted by atomic mass is 10.2. The molecule has 14 heavy (non-hydrogen) atoms. The van der Waals surface area contributed by atoms with E-state index in [4.69, 9.17) is 5.26 Å². The molecule has 0 N–H and O–H groups in total. The maximum Gasteiger partial charge on any atom is 0.0991 e. The number of nitriles is 1. The standard InChI is InChI=1S/C11H10N2S/c1-13-10-4-3-8(7-12)5-9(10)6-11(13)14-2/h3-6H,1-2H3. The lowest BCUT2D eigenvalue weighted by Gasteiger charge is -1.99. The zero-order valence-corrected chi connectivity index (χ0v) is 8.93. The predicted molar refractivity (Wildman–Crippen MR) is 59.4 cm³/mol. The minimum Gasteiger partial charge on any atom is -0.339 e. The second-order valence-electron chi connectivity index (χ2n) is 3.13. The Hall–Kier alpha value is -1.40. The van der Waals surface area contributed by atoms with Crippen molar-refractivity contribution < 1.29 is 0 Å². The van der Waals surface area contributed by atoms with Gasteiger partial charge in [-0.2, -0.15) is 5.26 Å². The highest BCUT2D eigenvalue weighted by Gasteiger charge is 2.04. The minimum atomic E-state index is 0.718. The number of rotatable bonds is 1. The van der Waals surface area contributed by atoms with Crippen molar-refractivity contribution >= 4 is 22.7 Å². The van der Waals surface area contributed by atoms with E-state index in [-0.39, 0.29) is 0 Å². The van der Waals surface area contributed by atoms with Crippen molar-refractivity contribution in [1.82, 2.24) is 4.57 Å². The molecular formula is C11H10N2S. The summed E-state index contributed by atoms with van der Waals surface area (Å²) in [6, 6.07) is 10.0. The molecule has 0 saturated heterocycles. The lowest BCUT2D eigenvalue weighted by Crippen LogP contribution is -1.88. The van der Waals surface area contributed by atoms with Gasteiger partial charge in [0.25, 0.3) is 0 Å². The second kappa shape index (κ2) is 3.39. The first-order valence-electron chi connectivity index (χ1n) is 4.30. The molecule has 2 aromatic rings. The van der Waals surface area contributed by atoms with Gasteiger partial charge in [-0.05, 0) is 30.5 Å². The van der Waals surface area contributed by atoms with Gasteiger partial charge in [-0.1, -0.05) is 0 Å². The summed E-state index contributed by atoms with van der Waals surface area (Å²) >= 11 is 1.71.